The molecule has 0 bridgehead atoms. The first kappa shape index (κ1) is 17.8. The van der Waals surface area contributed by atoms with Gasteiger partial charge in [0.1, 0.15) is 5.75 Å². The van der Waals surface area contributed by atoms with Crippen LogP contribution in [0.15, 0.2) is 24.3 Å². The molecular formula is C14H17ClN2O5. The van der Waals surface area contributed by atoms with E-state index in [1.807, 2.05) is 5.32 Å². The number of imide groups is 1. The van der Waals surface area contributed by atoms with Gasteiger partial charge in [0, 0.05) is 12.1 Å². The molecule has 22 heavy (non-hydrogen) atoms. The molecule has 1 aromatic carbocycles. The Kier molecular flexibility index (Phi) is 6.65. The van der Waals surface area contributed by atoms with Crippen LogP contribution in [0, 0.1) is 0 Å². The summed E-state index contributed by atoms with van der Waals surface area (Å²) in [7, 11) is 1.36. The number of benzene rings is 1. The number of carbonyl (C=O) groups is 3. The fourth-order valence-electron chi connectivity index (χ4n) is 1.36. The predicted octanol–water partition coefficient (Wildman–Crippen LogP) is 1.49. The van der Waals surface area contributed by atoms with E-state index in [9.17, 15) is 14.4 Å². The highest BCUT2D eigenvalue weighted by Gasteiger charge is 2.24. The maximum Gasteiger partial charge on any atom is 0.347 e. The van der Waals surface area contributed by atoms with Crippen molar-refractivity contribution >= 4 is 29.5 Å². The minimum atomic E-state index is -1.12. The second-order valence-corrected chi connectivity index (χ2v) is 4.80. The van der Waals surface area contributed by atoms with Gasteiger partial charge in [-0.15, -0.1) is 0 Å². The molecule has 7 nitrogen and oxygen atoms in total. The van der Waals surface area contributed by atoms with Crippen molar-refractivity contribution in [3.05, 3.63) is 29.3 Å². The summed E-state index contributed by atoms with van der Waals surface area (Å²) in [5.41, 5.74) is 0. The van der Waals surface area contributed by atoms with E-state index >= 15 is 0 Å². The second-order valence-electron chi connectivity index (χ2n) is 4.36. The Morgan fingerprint density at radius 1 is 1.09 bits per heavy atom. The second kappa shape index (κ2) is 8.23. The van der Waals surface area contributed by atoms with Crippen LogP contribution < -0.4 is 15.4 Å². The quantitative estimate of drug-likeness (QED) is 0.799. The third-order valence-corrected chi connectivity index (χ3v) is 2.84. The molecule has 1 aromatic rings. The summed E-state index contributed by atoms with van der Waals surface area (Å²) >= 11 is 5.74. The number of esters is 1. The van der Waals surface area contributed by atoms with E-state index in [0.717, 1.165) is 0 Å². The standard InChI is InChI=1S/C14H17ClN2O5/c1-8(12(18)17-14(20)16-3)22-13(19)9(2)21-11-6-4-10(15)5-7-11/h4-9H,1-3H3,(H2,16,17,18,20)/t8-,9-/m0/s1. The highest BCUT2D eigenvalue weighted by Crippen LogP contribution is 2.17. The fraction of sp³-hybridized carbons (Fsp3) is 0.357. The first-order valence-corrected chi connectivity index (χ1v) is 6.86. The van der Waals surface area contributed by atoms with Gasteiger partial charge >= 0.3 is 12.0 Å². The molecule has 0 heterocycles. The number of rotatable bonds is 5. The fourth-order valence-corrected chi connectivity index (χ4v) is 1.49. The molecule has 0 fully saturated rings. The number of urea groups is 1. The molecule has 1 rings (SSSR count). The normalized spacial score (nSPS) is 12.7. The summed E-state index contributed by atoms with van der Waals surface area (Å²) < 4.78 is 10.3. The lowest BCUT2D eigenvalue weighted by atomic mass is 10.3. The number of carbonyl (C=O) groups excluding carboxylic acids is 3. The molecule has 3 amide bonds. The lowest BCUT2D eigenvalue weighted by Crippen LogP contribution is -2.44. The largest absolute Gasteiger partial charge is 0.479 e. The SMILES string of the molecule is CNC(=O)NC(=O)[C@H](C)OC(=O)[C@H](C)Oc1ccc(Cl)cc1. The smallest absolute Gasteiger partial charge is 0.347 e. The predicted molar refractivity (Wildman–Crippen MR) is 79.7 cm³/mol. The zero-order valence-corrected chi connectivity index (χ0v) is 13.1. The van der Waals surface area contributed by atoms with Crippen LogP contribution in [0.3, 0.4) is 0 Å². The first-order chi connectivity index (χ1) is 10.3. The maximum absolute atomic E-state index is 11.8. The van der Waals surface area contributed by atoms with E-state index < -0.39 is 30.1 Å². The topological polar surface area (TPSA) is 93.7 Å². The van der Waals surface area contributed by atoms with E-state index in [2.05, 4.69) is 5.32 Å². The van der Waals surface area contributed by atoms with Crippen LogP contribution in [-0.4, -0.2) is 37.2 Å². The van der Waals surface area contributed by atoms with Gasteiger partial charge in [0.25, 0.3) is 5.91 Å². The molecule has 0 aliphatic heterocycles. The number of ether oxygens (including phenoxy) is 2. The van der Waals surface area contributed by atoms with Gasteiger partial charge in [0.2, 0.25) is 0 Å². The maximum atomic E-state index is 11.8. The summed E-state index contributed by atoms with van der Waals surface area (Å²) in [4.78, 5) is 34.4. The Balaban J connectivity index is 2.51. The molecule has 0 unspecified atom stereocenters. The third kappa shape index (κ3) is 5.61. The van der Waals surface area contributed by atoms with Crippen LogP contribution in [0.2, 0.25) is 5.02 Å². The van der Waals surface area contributed by atoms with Gasteiger partial charge in [-0.05, 0) is 38.1 Å². The van der Waals surface area contributed by atoms with Crippen LogP contribution in [0.5, 0.6) is 5.75 Å². The molecule has 0 aromatic heterocycles. The number of amides is 3. The molecule has 0 radical (unpaired) electrons. The summed E-state index contributed by atoms with van der Waals surface area (Å²) in [6.07, 6.45) is -2.04. The molecule has 0 aliphatic rings. The average molecular weight is 329 g/mol. The number of nitrogens with one attached hydrogen (secondary N) is 2. The van der Waals surface area contributed by atoms with Crippen molar-refractivity contribution in [3.8, 4) is 5.75 Å². The Morgan fingerprint density at radius 3 is 2.23 bits per heavy atom. The molecule has 2 N–H and O–H groups in total. The molecule has 0 spiro atoms. The number of hydrogen-bond acceptors (Lipinski definition) is 5. The molecule has 8 heteroatoms. The van der Waals surface area contributed by atoms with Crippen LogP contribution in [0.4, 0.5) is 4.79 Å². The number of hydrogen-bond donors (Lipinski definition) is 2. The molecule has 120 valence electrons. The summed E-state index contributed by atoms with van der Waals surface area (Å²) in [5.74, 6) is -1.02. The Labute approximate surface area is 132 Å². The Hall–Kier alpha value is -2.28. The molecule has 0 aliphatic carbocycles. The van der Waals surface area contributed by atoms with Crippen LogP contribution >= 0.6 is 11.6 Å². The zero-order valence-electron chi connectivity index (χ0n) is 12.4. The molecular weight excluding hydrogens is 312 g/mol. The van der Waals surface area contributed by atoms with Crippen molar-refractivity contribution in [1.29, 1.82) is 0 Å². The summed E-state index contributed by atoms with van der Waals surface area (Å²) in [6, 6.07) is 5.77. The monoisotopic (exact) mass is 328 g/mol. The highest BCUT2D eigenvalue weighted by atomic mass is 35.5. The van der Waals surface area contributed by atoms with Gasteiger partial charge in [-0.3, -0.25) is 10.1 Å². The molecule has 0 saturated carbocycles. The minimum absolute atomic E-state index is 0.441. The van der Waals surface area contributed by atoms with Crippen LogP contribution in [0.1, 0.15) is 13.8 Å². The third-order valence-electron chi connectivity index (χ3n) is 2.58. The van der Waals surface area contributed by atoms with E-state index in [0.29, 0.717) is 10.8 Å². The van der Waals surface area contributed by atoms with Crippen molar-refractivity contribution in [2.75, 3.05) is 7.05 Å². The van der Waals surface area contributed by atoms with Crippen molar-refractivity contribution in [2.45, 2.75) is 26.1 Å². The van der Waals surface area contributed by atoms with Gasteiger partial charge in [-0.25, -0.2) is 9.59 Å². The lowest BCUT2D eigenvalue weighted by Gasteiger charge is -2.17. The Bertz CT molecular complexity index is 547. The van der Waals surface area contributed by atoms with Gasteiger partial charge in [0.15, 0.2) is 12.2 Å². The van der Waals surface area contributed by atoms with E-state index in [4.69, 9.17) is 21.1 Å². The first-order valence-electron chi connectivity index (χ1n) is 6.48. The summed E-state index contributed by atoms with van der Waals surface area (Å²) in [5, 5.41) is 4.77. The van der Waals surface area contributed by atoms with Gasteiger partial charge in [-0.1, -0.05) is 11.6 Å². The highest BCUT2D eigenvalue weighted by molar-refractivity contribution is 6.30. The van der Waals surface area contributed by atoms with Crippen LogP contribution in [-0.2, 0) is 14.3 Å². The summed E-state index contributed by atoms with van der Waals surface area (Å²) in [6.45, 7) is 2.84. The lowest BCUT2D eigenvalue weighted by molar-refractivity contribution is -0.160. The minimum Gasteiger partial charge on any atom is -0.479 e. The molecule has 0 saturated heterocycles. The van der Waals surface area contributed by atoms with Gasteiger partial charge in [0.05, 0.1) is 0 Å². The van der Waals surface area contributed by atoms with Gasteiger partial charge < -0.3 is 14.8 Å². The van der Waals surface area contributed by atoms with Gasteiger partial charge in [-0.2, -0.15) is 0 Å². The van der Waals surface area contributed by atoms with E-state index in [1.54, 1.807) is 24.3 Å². The molecule has 2 atom stereocenters. The van der Waals surface area contributed by atoms with Crippen molar-refractivity contribution in [3.63, 3.8) is 0 Å². The Morgan fingerprint density at radius 2 is 1.68 bits per heavy atom. The van der Waals surface area contributed by atoms with Crippen molar-refractivity contribution < 1.29 is 23.9 Å². The average Bonchev–Trinajstić information content (AvgIpc) is 2.49. The van der Waals surface area contributed by atoms with E-state index in [-0.39, 0.29) is 0 Å². The van der Waals surface area contributed by atoms with E-state index in [1.165, 1.54) is 20.9 Å². The number of halogens is 1. The van der Waals surface area contributed by atoms with Crippen molar-refractivity contribution in [2.24, 2.45) is 0 Å². The van der Waals surface area contributed by atoms with Crippen LogP contribution in [0.25, 0.3) is 0 Å². The van der Waals surface area contributed by atoms with Crippen molar-refractivity contribution in [1.82, 2.24) is 10.6 Å². The zero-order chi connectivity index (χ0) is 16.7.